The maximum Gasteiger partial charge on any atom is 0.261 e. The first kappa shape index (κ1) is 12.4. The number of aldehydes is 1. The van der Waals surface area contributed by atoms with E-state index in [0.717, 1.165) is 16.5 Å². The second-order valence-corrected chi connectivity index (χ2v) is 4.65. The van der Waals surface area contributed by atoms with Crippen LogP contribution in [0.5, 0.6) is 0 Å². The number of fused-ring (bicyclic) bond motifs is 1. The molecule has 2 aromatic carbocycles. The van der Waals surface area contributed by atoms with Crippen molar-refractivity contribution >= 4 is 17.2 Å². The Kier molecular flexibility index (Phi) is 3.17. The molecule has 3 aromatic rings. The molecule has 3 rings (SSSR count). The standard InChI is InChI=1S/C17H13NO2/c19-12-15-10-14-8-4-5-9-16(14)18(17(15)20)11-13-6-2-1-3-7-13/h1-10,12H,11H2. The summed E-state index contributed by atoms with van der Waals surface area (Å²) in [6.45, 7) is 0.460. The highest BCUT2D eigenvalue weighted by Gasteiger charge is 2.08. The van der Waals surface area contributed by atoms with Gasteiger partial charge in [0.2, 0.25) is 0 Å². The van der Waals surface area contributed by atoms with Crippen molar-refractivity contribution in [3.05, 3.63) is 82.1 Å². The molecule has 98 valence electrons. The molecule has 0 unspecified atom stereocenters. The molecule has 0 spiro atoms. The van der Waals surface area contributed by atoms with Crippen LogP contribution in [0.25, 0.3) is 10.9 Å². The fraction of sp³-hybridized carbons (Fsp3) is 0.0588. The maximum atomic E-state index is 12.4. The van der Waals surface area contributed by atoms with Crippen molar-refractivity contribution in [1.29, 1.82) is 0 Å². The maximum absolute atomic E-state index is 12.4. The summed E-state index contributed by atoms with van der Waals surface area (Å²) in [7, 11) is 0. The number of nitrogens with zero attached hydrogens (tertiary/aromatic N) is 1. The average Bonchev–Trinajstić information content (AvgIpc) is 2.51. The first-order valence-corrected chi connectivity index (χ1v) is 6.41. The minimum Gasteiger partial charge on any atom is -0.303 e. The van der Waals surface area contributed by atoms with Gasteiger partial charge in [-0.1, -0.05) is 48.5 Å². The molecule has 0 aliphatic rings. The number of benzene rings is 2. The molecule has 3 heteroatoms. The van der Waals surface area contributed by atoms with Crippen LogP contribution in [0.1, 0.15) is 15.9 Å². The Morgan fingerprint density at radius 2 is 1.65 bits per heavy atom. The molecule has 0 saturated heterocycles. The monoisotopic (exact) mass is 263 g/mol. The van der Waals surface area contributed by atoms with Crippen LogP contribution in [0.3, 0.4) is 0 Å². The fourth-order valence-corrected chi connectivity index (χ4v) is 2.36. The number of hydrogen-bond donors (Lipinski definition) is 0. The van der Waals surface area contributed by atoms with Crippen molar-refractivity contribution in [3.63, 3.8) is 0 Å². The Morgan fingerprint density at radius 3 is 2.40 bits per heavy atom. The van der Waals surface area contributed by atoms with Gasteiger partial charge in [-0.2, -0.15) is 0 Å². The number of rotatable bonds is 3. The van der Waals surface area contributed by atoms with Gasteiger partial charge >= 0.3 is 0 Å². The van der Waals surface area contributed by atoms with Crippen molar-refractivity contribution in [3.8, 4) is 0 Å². The second kappa shape index (κ2) is 5.13. The van der Waals surface area contributed by atoms with Crippen molar-refractivity contribution in [1.82, 2.24) is 4.57 Å². The zero-order valence-corrected chi connectivity index (χ0v) is 10.8. The molecule has 20 heavy (non-hydrogen) atoms. The largest absolute Gasteiger partial charge is 0.303 e. The minimum atomic E-state index is -0.248. The SMILES string of the molecule is O=Cc1cc2ccccc2n(Cc2ccccc2)c1=O. The zero-order valence-electron chi connectivity index (χ0n) is 10.8. The second-order valence-electron chi connectivity index (χ2n) is 4.65. The Balaban J connectivity index is 2.25. The van der Waals surface area contributed by atoms with E-state index in [0.29, 0.717) is 12.8 Å². The van der Waals surface area contributed by atoms with Crippen LogP contribution >= 0.6 is 0 Å². The highest BCUT2D eigenvalue weighted by atomic mass is 16.1. The van der Waals surface area contributed by atoms with E-state index in [1.807, 2.05) is 54.6 Å². The molecule has 0 bridgehead atoms. The number of carbonyl (C=O) groups is 1. The molecule has 0 fully saturated rings. The third kappa shape index (κ3) is 2.14. The topological polar surface area (TPSA) is 39.1 Å². The van der Waals surface area contributed by atoms with Gasteiger partial charge in [-0.25, -0.2) is 0 Å². The summed E-state index contributed by atoms with van der Waals surface area (Å²) >= 11 is 0. The van der Waals surface area contributed by atoms with Crippen LogP contribution in [0.4, 0.5) is 0 Å². The van der Waals surface area contributed by atoms with E-state index in [-0.39, 0.29) is 11.1 Å². The molecule has 0 N–H and O–H groups in total. The first-order valence-electron chi connectivity index (χ1n) is 6.41. The van der Waals surface area contributed by atoms with Gasteiger partial charge in [0.05, 0.1) is 17.6 Å². The highest BCUT2D eigenvalue weighted by Crippen LogP contribution is 2.14. The molecule has 0 atom stereocenters. The summed E-state index contributed by atoms with van der Waals surface area (Å²) in [5.74, 6) is 0. The molecule has 1 aromatic heterocycles. The van der Waals surface area contributed by atoms with Crippen molar-refractivity contribution in [2.75, 3.05) is 0 Å². The third-order valence-corrected chi connectivity index (χ3v) is 3.34. The molecule has 3 nitrogen and oxygen atoms in total. The van der Waals surface area contributed by atoms with Gasteiger partial charge in [0.15, 0.2) is 6.29 Å². The summed E-state index contributed by atoms with van der Waals surface area (Å²) in [4.78, 5) is 23.4. The summed E-state index contributed by atoms with van der Waals surface area (Å²) < 4.78 is 1.65. The van der Waals surface area contributed by atoms with Gasteiger partial charge in [-0.3, -0.25) is 9.59 Å². The molecular weight excluding hydrogens is 250 g/mol. The summed E-state index contributed by atoms with van der Waals surface area (Å²) in [5.41, 5.74) is 1.82. The third-order valence-electron chi connectivity index (χ3n) is 3.34. The van der Waals surface area contributed by atoms with Crippen molar-refractivity contribution in [2.45, 2.75) is 6.54 Å². The summed E-state index contributed by atoms with van der Waals surface area (Å²) in [5, 5.41) is 0.894. The van der Waals surface area contributed by atoms with Gasteiger partial charge in [-0.05, 0) is 23.1 Å². The number of carbonyl (C=O) groups excluding carboxylic acids is 1. The average molecular weight is 263 g/mol. The van der Waals surface area contributed by atoms with Crippen LogP contribution in [0.2, 0.25) is 0 Å². The Hall–Kier alpha value is -2.68. The van der Waals surface area contributed by atoms with E-state index in [4.69, 9.17) is 0 Å². The molecule has 1 heterocycles. The van der Waals surface area contributed by atoms with E-state index in [1.165, 1.54) is 0 Å². The van der Waals surface area contributed by atoms with E-state index in [1.54, 1.807) is 10.6 Å². The van der Waals surface area contributed by atoms with Gasteiger partial charge in [0, 0.05) is 0 Å². The van der Waals surface area contributed by atoms with E-state index in [2.05, 4.69) is 0 Å². The predicted molar refractivity (Wildman–Crippen MR) is 79.1 cm³/mol. The number of aromatic nitrogens is 1. The van der Waals surface area contributed by atoms with Crippen molar-refractivity contribution < 1.29 is 4.79 Å². The molecular formula is C17H13NO2. The van der Waals surface area contributed by atoms with Crippen molar-refractivity contribution in [2.24, 2.45) is 0 Å². The predicted octanol–water partition coefficient (Wildman–Crippen LogP) is 2.86. The van der Waals surface area contributed by atoms with Gasteiger partial charge in [0.25, 0.3) is 5.56 Å². The smallest absolute Gasteiger partial charge is 0.261 e. The Morgan fingerprint density at radius 1 is 0.950 bits per heavy atom. The highest BCUT2D eigenvalue weighted by molar-refractivity contribution is 5.86. The van der Waals surface area contributed by atoms with Crippen LogP contribution in [-0.2, 0) is 6.54 Å². The lowest BCUT2D eigenvalue weighted by atomic mass is 10.1. The number of hydrogen-bond acceptors (Lipinski definition) is 2. The molecule has 0 saturated carbocycles. The number of pyridine rings is 1. The molecule has 0 aliphatic carbocycles. The summed E-state index contributed by atoms with van der Waals surface area (Å²) in [6.07, 6.45) is 0.621. The Labute approximate surface area is 116 Å². The lowest BCUT2D eigenvalue weighted by molar-refractivity contribution is 0.112. The van der Waals surface area contributed by atoms with E-state index in [9.17, 15) is 9.59 Å². The van der Waals surface area contributed by atoms with Crippen LogP contribution in [0, 0.1) is 0 Å². The molecule has 0 radical (unpaired) electrons. The first-order chi connectivity index (χ1) is 9.79. The van der Waals surface area contributed by atoms with E-state index < -0.39 is 0 Å². The van der Waals surface area contributed by atoms with Gasteiger partial charge in [-0.15, -0.1) is 0 Å². The zero-order chi connectivity index (χ0) is 13.9. The Bertz CT molecular complexity index is 819. The summed E-state index contributed by atoms with van der Waals surface area (Å²) in [6, 6.07) is 19.0. The van der Waals surface area contributed by atoms with Gasteiger partial charge in [0.1, 0.15) is 0 Å². The minimum absolute atomic E-state index is 0.194. The lowest BCUT2D eigenvalue weighted by Gasteiger charge is -2.11. The number of para-hydroxylation sites is 1. The van der Waals surface area contributed by atoms with E-state index >= 15 is 0 Å². The van der Waals surface area contributed by atoms with Crippen LogP contribution in [-0.4, -0.2) is 10.9 Å². The van der Waals surface area contributed by atoms with Crippen LogP contribution in [0.15, 0.2) is 65.5 Å². The fourth-order valence-electron chi connectivity index (χ4n) is 2.36. The molecule has 0 amide bonds. The molecule has 0 aliphatic heterocycles. The normalized spacial score (nSPS) is 10.6. The quantitative estimate of drug-likeness (QED) is 0.682. The lowest BCUT2D eigenvalue weighted by Crippen LogP contribution is -2.24. The van der Waals surface area contributed by atoms with Gasteiger partial charge < -0.3 is 4.57 Å². The van der Waals surface area contributed by atoms with Crippen LogP contribution < -0.4 is 5.56 Å².